The molecule has 35 heavy (non-hydrogen) atoms. The van der Waals surface area contributed by atoms with E-state index in [1.165, 1.54) is 11.3 Å². The predicted molar refractivity (Wildman–Crippen MR) is 147 cm³/mol. The van der Waals surface area contributed by atoms with Gasteiger partial charge in [-0.3, -0.25) is 9.69 Å². The summed E-state index contributed by atoms with van der Waals surface area (Å²) in [4.78, 5) is 22.2. The minimum atomic E-state index is -0.127. The van der Waals surface area contributed by atoms with Gasteiger partial charge < -0.3 is 19.1 Å². The van der Waals surface area contributed by atoms with E-state index in [1.54, 1.807) is 38.4 Å². The fourth-order valence-corrected chi connectivity index (χ4v) is 4.76. The van der Waals surface area contributed by atoms with Gasteiger partial charge in [-0.2, -0.15) is 0 Å². The maximum atomic E-state index is 13.4. The molecule has 0 bridgehead atoms. The zero-order valence-electron chi connectivity index (χ0n) is 21.2. The summed E-state index contributed by atoms with van der Waals surface area (Å²) in [6.45, 7) is 9.44. The number of ether oxygens (including phenoxy) is 3. The normalized spacial score (nSPS) is 11.1. The minimum absolute atomic E-state index is 0. The van der Waals surface area contributed by atoms with Crippen molar-refractivity contribution >= 4 is 51.1 Å². The molecular weight excluding hydrogens is 486 g/mol. The van der Waals surface area contributed by atoms with E-state index < -0.39 is 0 Å². The molecule has 0 fully saturated rings. The first-order valence-electron chi connectivity index (χ1n) is 11.3. The number of methoxy groups -OCH3 is 3. The van der Waals surface area contributed by atoms with Gasteiger partial charge in [0.1, 0.15) is 11.3 Å². The van der Waals surface area contributed by atoms with Crippen LogP contribution in [0, 0.1) is 6.92 Å². The summed E-state index contributed by atoms with van der Waals surface area (Å²) in [7, 11) is 4.83. The van der Waals surface area contributed by atoms with Crippen LogP contribution in [0.2, 0.25) is 0 Å². The highest BCUT2D eigenvalue weighted by Gasteiger charge is 2.21. The fourth-order valence-electron chi connectivity index (χ4n) is 3.67. The van der Waals surface area contributed by atoms with Crippen molar-refractivity contribution < 1.29 is 19.0 Å². The number of rotatable bonds is 11. The SMILES string of the molecule is CCN(CC)CCN(C(=O)C=Cc1ccc(OC)c(OC)c1)c1nc2c(OC)ccc(C)c2s1.Cl. The number of aryl methyl sites for hydroxylation is 1. The molecule has 190 valence electrons. The second-order valence-electron chi connectivity index (χ2n) is 7.72. The Morgan fingerprint density at radius 1 is 0.971 bits per heavy atom. The van der Waals surface area contributed by atoms with E-state index in [-0.39, 0.29) is 18.3 Å². The summed E-state index contributed by atoms with van der Waals surface area (Å²) in [6.07, 6.45) is 3.37. The lowest BCUT2D eigenvalue weighted by Gasteiger charge is -2.23. The molecule has 0 radical (unpaired) electrons. The lowest BCUT2D eigenvalue weighted by molar-refractivity contribution is -0.114. The van der Waals surface area contributed by atoms with Crippen LogP contribution < -0.4 is 19.1 Å². The van der Waals surface area contributed by atoms with Gasteiger partial charge in [-0.15, -0.1) is 12.4 Å². The van der Waals surface area contributed by atoms with Gasteiger partial charge in [0.2, 0.25) is 0 Å². The predicted octanol–water partition coefficient (Wildman–Crippen LogP) is 5.44. The van der Waals surface area contributed by atoms with E-state index in [2.05, 4.69) is 18.7 Å². The number of halogens is 1. The first-order valence-corrected chi connectivity index (χ1v) is 12.1. The second kappa shape index (κ2) is 13.3. The number of nitrogens with zero attached hydrogens (tertiary/aromatic N) is 3. The molecule has 1 aromatic heterocycles. The Labute approximate surface area is 217 Å². The highest BCUT2D eigenvalue weighted by molar-refractivity contribution is 7.22. The van der Waals surface area contributed by atoms with Crippen molar-refractivity contribution in [2.24, 2.45) is 0 Å². The largest absolute Gasteiger partial charge is 0.494 e. The molecule has 1 amide bonds. The summed E-state index contributed by atoms with van der Waals surface area (Å²) in [5, 5.41) is 0.664. The number of likely N-dealkylation sites (N-methyl/N-ethyl adjacent to an activating group) is 1. The van der Waals surface area contributed by atoms with Crippen LogP contribution in [0.4, 0.5) is 5.13 Å². The van der Waals surface area contributed by atoms with Crippen molar-refractivity contribution in [1.29, 1.82) is 0 Å². The lowest BCUT2D eigenvalue weighted by atomic mass is 10.2. The third-order valence-corrected chi connectivity index (χ3v) is 6.98. The number of hydrogen-bond acceptors (Lipinski definition) is 7. The molecular formula is C26H34ClN3O4S. The van der Waals surface area contributed by atoms with E-state index in [0.717, 1.165) is 41.0 Å². The van der Waals surface area contributed by atoms with E-state index >= 15 is 0 Å². The summed E-state index contributed by atoms with van der Waals surface area (Å²) < 4.78 is 17.2. The van der Waals surface area contributed by atoms with Crippen molar-refractivity contribution in [3.63, 3.8) is 0 Å². The topological polar surface area (TPSA) is 64.1 Å². The van der Waals surface area contributed by atoms with E-state index in [9.17, 15) is 4.79 Å². The van der Waals surface area contributed by atoms with Crippen LogP contribution in [0.15, 0.2) is 36.4 Å². The monoisotopic (exact) mass is 519 g/mol. The van der Waals surface area contributed by atoms with Crippen LogP contribution in [-0.4, -0.2) is 63.3 Å². The lowest BCUT2D eigenvalue weighted by Crippen LogP contribution is -2.38. The van der Waals surface area contributed by atoms with Crippen molar-refractivity contribution in [3.05, 3.63) is 47.5 Å². The van der Waals surface area contributed by atoms with Crippen LogP contribution >= 0.6 is 23.7 Å². The Bertz CT molecular complexity index is 1160. The molecule has 0 N–H and O–H groups in total. The Morgan fingerprint density at radius 2 is 1.63 bits per heavy atom. The van der Waals surface area contributed by atoms with Crippen LogP contribution in [0.3, 0.4) is 0 Å². The molecule has 0 aliphatic carbocycles. The zero-order valence-corrected chi connectivity index (χ0v) is 22.8. The summed E-state index contributed by atoms with van der Waals surface area (Å²) in [5.41, 5.74) is 2.74. The molecule has 0 unspecified atom stereocenters. The third-order valence-electron chi connectivity index (χ3n) is 5.77. The molecule has 0 atom stereocenters. The molecule has 0 spiro atoms. The van der Waals surface area contributed by atoms with Crippen LogP contribution in [0.25, 0.3) is 16.3 Å². The summed E-state index contributed by atoms with van der Waals surface area (Å²) in [5.74, 6) is 1.84. The van der Waals surface area contributed by atoms with E-state index in [0.29, 0.717) is 28.9 Å². The average molecular weight is 520 g/mol. The number of fused-ring (bicyclic) bond motifs is 1. The van der Waals surface area contributed by atoms with Crippen molar-refractivity contribution in [3.8, 4) is 17.2 Å². The molecule has 3 aromatic rings. The third kappa shape index (κ3) is 6.66. The minimum Gasteiger partial charge on any atom is -0.494 e. The molecule has 1 heterocycles. The van der Waals surface area contributed by atoms with E-state index in [4.69, 9.17) is 19.2 Å². The van der Waals surface area contributed by atoms with Gasteiger partial charge in [-0.25, -0.2) is 4.98 Å². The summed E-state index contributed by atoms with van der Waals surface area (Å²) in [6, 6.07) is 9.48. The average Bonchev–Trinajstić information content (AvgIpc) is 3.31. The Balaban J connectivity index is 0.00000432. The first kappa shape index (κ1) is 28.4. The molecule has 7 nitrogen and oxygen atoms in total. The quantitative estimate of drug-likeness (QED) is 0.314. The van der Waals surface area contributed by atoms with Gasteiger partial charge in [0, 0.05) is 19.2 Å². The fraction of sp³-hybridized carbons (Fsp3) is 0.385. The standard InChI is InChI=1S/C26H33N3O4S.ClH/c1-7-28(8-2)15-16-29(26-27-24-21(32-5)12-9-18(3)25(24)34-26)23(30)14-11-19-10-13-20(31-4)22(17-19)33-6;/h9-14,17H,7-8,15-16H2,1-6H3;1H. The zero-order chi connectivity index (χ0) is 24.7. The van der Waals surface area contributed by atoms with Crippen LogP contribution in [0.5, 0.6) is 17.2 Å². The van der Waals surface area contributed by atoms with Crippen molar-refractivity contribution in [2.45, 2.75) is 20.8 Å². The van der Waals surface area contributed by atoms with Gasteiger partial charge in [-0.05, 0) is 55.4 Å². The van der Waals surface area contributed by atoms with Gasteiger partial charge in [-0.1, -0.05) is 37.3 Å². The Hall–Kier alpha value is -2.81. The summed E-state index contributed by atoms with van der Waals surface area (Å²) >= 11 is 1.51. The first-order chi connectivity index (χ1) is 16.4. The van der Waals surface area contributed by atoms with Gasteiger partial charge in [0.15, 0.2) is 16.6 Å². The number of carbonyl (C=O) groups is 1. The Morgan fingerprint density at radius 3 is 2.26 bits per heavy atom. The number of anilines is 1. The molecule has 0 aliphatic rings. The number of benzene rings is 2. The van der Waals surface area contributed by atoms with Gasteiger partial charge in [0.05, 0.1) is 26.0 Å². The molecule has 0 saturated carbocycles. The van der Waals surface area contributed by atoms with Gasteiger partial charge >= 0.3 is 0 Å². The molecule has 0 saturated heterocycles. The van der Waals surface area contributed by atoms with Crippen molar-refractivity contribution in [1.82, 2.24) is 9.88 Å². The van der Waals surface area contributed by atoms with Crippen LogP contribution in [-0.2, 0) is 4.79 Å². The highest BCUT2D eigenvalue weighted by atomic mass is 35.5. The van der Waals surface area contributed by atoms with E-state index in [1.807, 2.05) is 37.3 Å². The molecule has 2 aromatic carbocycles. The van der Waals surface area contributed by atoms with Gasteiger partial charge in [0.25, 0.3) is 5.91 Å². The smallest absolute Gasteiger partial charge is 0.252 e. The number of hydrogen-bond donors (Lipinski definition) is 0. The number of thiazole rings is 1. The molecule has 9 heteroatoms. The maximum absolute atomic E-state index is 13.4. The highest BCUT2D eigenvalue weighted by Crippen LogP contribution is 2.36. The number of carbonyl (C=O) groups excluding carboxylic acids is 1. The van der Waals surface area contributed by atoms with Crippen molar-refractivity contribution in [2.75, 3.05) is 52.4 Å². The maximum Gasteiger partial charge on any atom is 0.252 e. The van der Waals surface area contributed by atoms with Crippen LogP contribution in [0.1, 0.15) is 25.0 Å². The second-order valence-corrected chi connectivity index (χ2v) is 8.70. The Kier molecular flexibility index (Phi) is 10.8. The number of amides is 1. The molecule has 0 aliphatic heterocycles. The molecule has 3 rings (SSSR count). The number of aromatic nitrogens is 1.